The van der Waals surface area contributed by atoms with Crippen LogP contribution in [0, 0.1) is 5.41 Å². The van der Waals surface area contributed by atoms with Crippen molar-refractivity contribution in [3.8, 4) is 11.5 Å². The zero-order valence-corrected chi connectivity index (χ0v) is 14.6. The molecule has 0 saturated heterocycles. The number of hydrogen-bond acceptors (Lipinski definition) is 3. The van der Waals surface area contributed by atoms with Crippen molar-refractivity contribution in [3.05, 3.63) is 59.7 Å². The van der Waals surface area contributed by atoms with Crippen molar-refractivity contribution in [2.75, 3.05) is 24.9 Å². The second-order valence-corrected chi connectivity index (χ2v) is 6.00. The Morgan fingerprint density at radius 3 is 2.54 bits per heavy atom. The normalized spacial score (nSPS) is 11.5. The standard InChI is InChI=1S/C21H19N3O2/c1-25-18-11-8-15(12-19(18)26-2)23-21(22)24-17-10-7-14-5-3-4-13-6-9-16(17)20(13)14/h3-12H,1-2H3,(H3,22,23,24). The lowest BCUT2D eigenvalue weighted by atomic mass is 10.0. The van der Waals surface area contributed by atoms with Gasteiger partial charge in [0.05, 0.1) is 14.2 Å². The molecule has 1 aliphatic carbocycles. The minimum Gasteiger partial charge on any atom is -0.493 e. The number of rotatable bonds is 4. The second-order valence-electron chi connectivity index (χ2n) is 6.00. The summed E-state index contributed by atoms with van der Waals surface area (Å²) in [4.78, 5) is 0. The quantitative estimate of drug-likeness (QED) is 0.367. The minimum absolute atomic E-state index is 0.186. The Labute approximate surface area is 151 Å². The predicted molar refractivity (Wildman–Crippen MR) is 107 cm³/mol. The van der Waals surface area contributed by atoms with Gasteiger partial charge in [-0.25, -0.2) is 0 Å². The molecule has 0 unspecified atom stereocenters. The maximum Gasteiger partial charge on any atom is 0.197 e. The van der Waals surface area contributed by atoms with Crippen LogP contribution >= 0.6 is 0 Å². The van der Waals surface area contributed by atoms with Gasteiger partial charge in [-0.15, -0.1) is 0 Å². The molecule has 3 aromatic rings. The van der Waals surface area contributed by atoms with E-state index in [-0.39, 0.29) is 5.96 Å². The van der Waals surface area contributed by atoms with Gasteiger partial charge in [0.25, 0.3) is 0 Å². The molecule has 0 saturated carbocycles. The van der Waals surface area contributed by atoms with E-state index in [9.17, 15) is 0 Å². The Bertz CT molecular complexity index is 1040. The minimum atomic E-state index is 0.186. The van der Waals surface area contributed by atoms with Crippen LogP contribution in [-0.2, 0) is 0 Å². The molecule has 0 aliphatic heterocycles. The van der Waals surface area contributed by atoms with E-state index in [0.29, 0.717) is 11.5 Å². The summed E-state index contributed by atoms with van der Waals surface area (Å²) in [6.45, 7) is 0. The van der Waals surface area contributed by atoms with Crippen LogP contribution in [0.5, 0.6) is 11.5 Å². The predicted octanol–water partition coefficient (Wildman–Crippen LogP) is 4.80. The van der Waals surface area contributed by atoms with Gasteiger partial charge in [-0.1, -0.05) is 36.4 Å². The Morgan fingerprint density at radius 2 is 1.73 bits per heavy atom. The summed E-state index contributed by atoms with van der Waals surface area (Å²) in [5.74, 6) is 1.45. The van der Waals surface area contributed by atoms with Crippen molar-refractivity contribution in [3.63, 3.8) is 0 Å². The molecule has 3 aromatic carbocycles. The van der Waals surface area contributed by atoms with E-state index < -0.39 is 0 Å². The van der Waals surface area contributed by atoms with E-state index in [2.05, 4.69) is 47.1 Å². The van der Waals surface area contributed by atoms with E-state index >= 15 is 0 Å². The summed E-state index contributed by atoms with van der Waals surface area (Å²) in [6.07, 6.45) is 4.19. The Morgan fingerprint density at radius 1 is 0.885 bits per heavy atom. The van der Waals surface area contributed by atoms with Crippen LogP contribution in [0.15, 0.2) is 48.5 Å². The summed E-state index contributed by atoms with van der Waals surface area (Å²) < 4.78 is 10.5. The van der Waals surface area contributed by atoms with Crippen molar-refractivity contribution < 1.29 is 9.47 Å². The third-order valence-electron chi connectivity index (χ3n) is 4.46. The molecule has 3 N–H and O–H groups in total. The Balaban J connectivity index is 1.57. The van der Waals surface area contributed by atoms with Gasteiger partial charge in [-0.3, -0.25) is 5.41 Å². The molecule has 0 bridgehead atoms. The van der Waals surface area contributed by atoms with Crippen LogP contribution in [-0.4, -0.2) is 20.2 Å². The zero-order valence-electron chi connectivity index (χ0n) is 14.6. The monoisotopic (exact) mass is 345 g/mol. The van der Waals surface area contributed by atoms with Gasteiger partial charge in [0, 0.05) is 23.0 Å². The molecule has 0 atom stereocenters. The van der Waals surface area contributed by atoms with E-state index in [1.807, 2.05) is 12.1 Å². The molecule has 0 radical (unpaired) electrons. The highest BCUT2D eigenvalue weighted by molar-refractivity contribution is 6.11. The van der Waals surface area contributed by atoms with Crippen LogP contribution in [0.4, 0.5) is 11.4 Å². The van der Waals surface area contributed by atoms with Crippen molar-refractivity contribution in [2.45, 2.75) is 0 Å². The van der Waals surface area contributed by atoms with E-state index in [4.69, 9.17) is 14.9 Å². The third kappa shape index (κ3) is 2.73. The van der Waals surface area contributed by atoms with Gasteiger partial charge in [0.15, 0.2) is 17.5 Å². The largest absolute Gasteiger partial charge is 0.493 e. The molecule has 0 heterocycles. The van der Waals surface area contributed by atoms with Crippen molar-refractivity contribution >= 4 is 40.3 Å². The number of anilines is 2. The lowest BCUT2D eigenvalue weighted by Crippen LogP contribution is -2.21. The average molecular weight is 345 g/mol. The fourth-order valence-electron chi connectivity index (χ4n) is 3.25. The first-order valence-corrected chi connectivity index (χ1v) is 8.28. The van der Waals surface area contributed by atoms with Gasteiger partial charge >= 0.3 is 0 Å². The first-order chi connectivity index (χ1) is 12.7. The van der Waals surface area contributed by atoms with E-state index in [1.54, 1.807) is 26.4 Å². The highest BCUT2D eigenvalue weighted by Crippen LogP contribution is 2.36. The average Bonchev–Trinajstić information content (AvgIpc) is 3.10. The highest BCUT2D eigenvalue weighted by Gasteiger charge is 2.14. The van der Waals surface area contributed by atoms with Gasteiger partial charge < -0.3 is 20.1 Å². The second kappa shape index (κ2) is 6.44. The van der Waals surface area contributed by atoms with Gasteiger partial charge in [-0.2, -0.15) is 0 Å². The topological polar surface area (TPSA) is 66.4 Å². The summed E-state index contributed by atoms with van der Waals surface area (Å²) in [5.41, 5.74) is 3.96. The van der Waals surface area contributed by atoms with Gasteiger partial charge in [0.2, 0.25) is 0 Å². The molecule has 5 heteroatoms. The van der Waals surface area contributed by atoms with Crippen molar-refractivity contribution in [1.82, 2.24) is 0 Å². The first kappa shape index (κ1) is 16.0. The molecule has 1 aliphatic rings. The van der Waals surface area contributed by atoms with Crippen LogP contribution in [0.3, 0.4) is 0 Å². The molecule has 5 nitrogen and oxygen atoms in total. The third-order valence-corrected chi connectivity index (χ3v) is 4.46. The SMILES string of the molecule is COc1ccc(NC(=N)Nc2ccc3cccc4c3c2C=C4)cc1OC. The Kier molecular flexibility index (Phi) is 3.97. The van der Waals surface area contributed by atoms with Crippen LogP contribution in [0.1, 0.15) is 11.1 Å². The van der Waals surface area contributed by atoms with Crippen molar-refractivity contribution in [2.24, 2.45) is 0 Å². The molecular formula is C21H19N3O2. The number of guanidine groups is 1. The van der Waals surface area contributed by atoms with Crippen LogP contribution in [0.2, 0.25) is 0 Å². The number of nitrogens with one attached hydrogen (secondary N) is 3. The number of ether oxygens (including phenoxy) is 2. The molecule has 0 fully saturated rings. The fraction of sp³-hybridized carbons (Fsp3) is 0.0952. The highest BCUT2D eigenvalue weighted by atomic mass is 16.5. The number of hydrogen-bond donors (Lipinski definition) is 3. The maximum absolute atomic E-state index is 8.27. The molecule has 130 valence electrons. The molecule has 4 rings (SSSR count). The summed E-state index contributed by atoms with van der Waals surface area (Å²) in [6, 6.07) is 15.8. The van der Waals surface area contributed by atoms with Gasteiger partial charge in [0.1, 0.15) is 0 Å². The van der Waals surface area contributed by atoms with Crippen LogP contribution < -0.4 is 20.1 Å². The molecule has 0 amide bonds. The summed E-state index contributed by atoms with van der Waals surface area (Å²) in [7, 11) is 3.19. The molecule has 26 heavy (non-hydrogen) atoms. The number of benzene rings is 3. The van der Waals surface area contributed by atoms with E-state index in [0.717, 1.165) is 16.9 Å². The van der Waals surface area contributed by atoms with Crippen molar-refractivity contribution in [1.29, 1.82) is 5.41 Å². The first-order valence-electron chi connectivity index (χ1n) is 8.28. The smallest absolute Gasteiger partial charge is 0.197 e. The Hall–Kier alpha value is -3.47. The molecule has 0 aromatic heterocycles. The zero-order chi connectivity index (χ0) is 18.1. The number of methoxy groups -OCH3 is 2. The fourth-order valence-corrected chi connectivity index (χ4v) is 3.25. The summed E-state index contributed by atoms with van der Waals surface area (Å²) in [5, 5.41) is 16.9. The molecule has 0 spiro atoms. The molecular weight excluding hydrogens is 326 g/mol. The van der Waals surface area contributed by atoms with E-state index in [1.165, 1.54) is 16.3 Å². The lowest BCUT2D eigenvalue weighted by molar-refractivity contribution is 0.355. The summed E-state index contributed by atoms with van der Waals surface area (Å²) >= 11 is 0. The van der Waals surface area contributed by atoms with Gasteiger partial charge in [-0.05, 0) is 34.5 Å². The lowest BCUT2D eigenvalue weighted by Gasteiger charge is -2.15. The maximum atomic E-state index is 8.27. The van der Waals surface area contributed by atoms with Crippen LogP contribution in [0.25, 0.3) is 22.9 Å².